The molecule has 0 aliphatic heterocycles. The Morgan fingerprint density at radius 3 is 1.52 bits per heavy atom. The van der Waals surface area contributed by atoms with E-state index in [1.54, 1.807) is 6.20 Å². The highest BCUT2D eigenvalue weighted by Crippen LogP contribution is 2.43. The molecule has 1 heterocycles. The van der Waals surface area contributed by atoms with E-state index in [0.29, 0.717) is 5.46 Å². The Bertz CT molecular complexity index is 983. The topological polar surface area (TPSA) is 16.1 Å². The van der Waals surface area contributed by atoms with Crippen LogP contribution in [0, 0.1) is 6.92 Å². The highest BCUT2D eigenvalue weighted by Gasteiger charge is 2.41. The van der Waals surface area contributed by atoms with Crippen LogP contribution in [0.4, 0.5) is 5.82 Å². The van der Waals surface area contributed by atoms with Crippen LogP contribution in [-0.2, 0) is 5.54 Å². The van der Waals surface area contributed by atoms with E-state index >= 15 is 0 Å². The summed E-state index contributed by atoms with van der Waals surface area (Å²) in [6.45, 7) is 2.06. The third kappa shape index (κ3) is 3.34. The summed E-state index contributed by atoms with van der Waals surface area (Å²) in [6.07, 6.45) is 1.73. The zero-order valence-electron chi connectivity index (χ0n) is 16.8. The van der Waals surface area contributed by atoms with Crippen LogP contribution in [0.25, 0.3) is 0 Å². The van der Waals surface area contributed by atoms with Crippen molar-refractivity contribution < 1.29 is 0 Å². The van der Waals surface area contributed by atoms with Gasteiger partial charge in [0.15, 0.2) is 0 Å². The van der Waals surface area contributed by atoms with Crippen LogP contribution < -0.4 is 10.4 Å². The smallest absolute Gasteiger partial charge is 0.132 e. The van der Waals surface area contributed by atoms with Gasteiger partial charge in [0.25, 0.3) is 0 Å². The highest BCUT2D eigenvalue weighted by molar-refractivity contribution is 6.32. The van der Waals surface area contributed by atoms with Gasteiger partial charge in [0.2, 0.25) is 0 Å². The molecule has 2 radical (unpaired) electrons. The van der Waals surface area contributed by atoms with Crippen molar-refractivity contribution in [3.05, 3.63) is 126 Å². The Kier molecular flexibility index (Phi) is 5.22. The number of aryl methyl sites for hydroxylation is 1. The van der Waals surface area contributed by atoms with Crippen molar-refractivity contribution >= 4 is 19.1 Å². The third-order valence-corrected chi connectivity index (χ3v) is 5.47. The summed E-state index contributed by atoms with van der Waals surface area (Å²) < 4.78 is 0. The molecule has 4 rings (SSSR count). The molecule has 2 nitrogen and oxygen atoms in total. The average molecular weight is 374 g/mol. The lowest BCUT2D eigenvalue weighted by molar-refractivity contribution is 0.594. The van der Waals surface area contributed by atoms with Crippen LogP contribution in [0.1, 0.15) is 22.3 Å². The van der Waals surface area contributed by atoms with Gasteiger partial charge < -0.3 is 4.90 Å². The lowest BCUT2D eigenvalue weighted by Gasteiger charge is -2.45. The Labute approximate surface area is 174 Å². The lowest BCUT2D eigenvalue weighted by Crippen LogP contribution is -2.47. The molecule has 29 heavy (non-hydrogen) atoms. The number of hydrogen-bond acceptors (Lipinski definition) is 2. The van der Waals surface area contributed by atoms with Gasteiger partial charge in [0.1, 0.15) is 19.2 Å². The molecule has 4 aromatic rings. The van der Waals surface area contributed by atoms with Crippen LogP contribution in [-0.4, -0.2) is 19.9 Å². The monoisotopic (exact) mass is 374 g/mol. The molecule has 3 heteroatoms. The molecule has 0 amide bonds. The van der Waals surface area contributed by atoms with Gasteiger partial charge in [-0.15, -0.1) is 0 Å². The van der Waals surface area contributed by atoms with Gasteiger partial charge in [-0.3, -0.25) is 0 Å². The number of hydrogen-bond donors (Lipinski definition) is 0. The van der Waals surface area contributed by atoms with Gasteiger partial charge in [-0.1, -0.05) is 103 Å². The van der Waals surface area contributed by atoms with Crippen LogP contribution >= 0.6 is 0 Å². The maximum Gasteiger partial charge on any atom is 0.132 e. The fourth-order valence-corrected chi connectivity index (χ4v) is 4.22. The number of nitrogens with zero attached hydrogens (tertiary/aromatic N) is 2. The Balaban J connectivity index is 2.08. The minimum atomic E-state index is -0.544. The summed E-state index contributed by atoms with van der Waals surface area (Å²) in [5.41, 5.74) is 4.70. The van der Waals surface area contributed by atoms with Crippen molar-refractivity contribution in [2.45, 2.75) is 12.5 Å². The first-order valence-corrected chi connectivity index (χ1v) is 9.76. The molecule has 0 N–H and O–H groups in total. The van der Waals surface area contributed by atoms with Crippen LogP contribution in [0.5, 0.6) is 0 Å². The van der Waals surface area contributed by atoms with Crippen LogP contribution in [0.2, 0.25) is 0 Å². The number of pyridine rings is 1. The molecule has 3 aromatic carbocycles. The summed E-state index contributed by atoms with van der Waals surface area (Å²) in [6, 6.07) is 33.8. The van der Waals surface area contributed by atoms with Crippen LogP contribution in [0.15, 0.2) is 103 Å². The zero-order valence-corrected chi connectivity index (χ0v) is 16.8. The van der Waals surface area contributed by atoms with Crippen molar-refractivity contribution in [2.75, 3.05) is 11.9 Å². The predicted octanol–water partition coefficient (Wildman–Crippen LogP) is 4.61. The van der Waals surface area contributed by atoms with Crippen molar-refractivity contribution in [2.24, 2.45) is 0 Å². The lowest BCUT2D eigenvalue weighted by atomic mass is 9.75. The quantitative estimate of drug-likeness (QED) is 0.375. The predicted molar refractivity (Wildman–Crippen MR) is 122 cm³/mol. The second-order valence-electron chi connectivity index (χ2n) is 7.28. The van der Waals surface area contributed by atoms with Crippen LogP contribution in [0.3, 0.4) is 0 Å². The normalized spacial score (nSPS) is 11.2. The van der Waals surface area contributed by atoms with Crippen molar-refractivity contribution in [3.63, 3.8) is 0 Å². The highest BCUT2D eigenvalue weighted by atomic mass is 15.2. The Morgan fingerprint density at radius 2 is 1.14 bits per heavy atom. The Morgan fingerprint density at radius 1 is 0.724 bits per heavy atom. The molecular formula is C26H23BN2. The maximum absolute atomic E-state index is 5.99. The molecule has 0 fully saturated rings. The summed E-state index contributed by atoms with van der Waals surface area (Å²) in [5, 5.41) is 0. The van der Waals surface area contributed by atoms with E-state index in [2.05, 4.69) is 110 Å². The van der Waals surface area contributed by atoms with Gasteiger partial charge in [0, 0.05) is 13.2 Å². The molecule has 0 aliphatic carbocycles. The molecule has 0 unspecified atom stereocenters. The largest absolute Gasteiger partial charge is 0.342 e. The van der Waals surface area contributed by atoms with Crippen molar-refractivity contribution in [1.29, 1.82) is 0 Å². The van der Waals surface area contributed by atoms with E-state index in [-0.39, 0.29) is 0 Å². The van der Waals surface area contributed by atoms with E-state index in [1.165, 1.54) is 16.7 Å². The van der Waals surface area contributed by atoms with Gasteiger partial charge in [-0.2, -0.15) is 0 Å². The van der Waals surface area contributed by atoms with Gasteiger partial charge in [-0.25, -0.2) is 4.98 Å². The number of rotatable bonds is 5. The fraction of sp³-hybridized carbons (Fsp3) is 0.115. The van der Waals surface area contributed by atoms with Gasteiger partial charge >= 0.3 is 0 Å². The molecule has 0 saturated carbocycles. The summed E-state index contributed by atoms with van der Waals surface area (Å²) in [4.78, 5) is 6.99. The van der Waals surface area contributed by atoms with E-state index in [9.17, 15) is 0 Å². The average Bonchev–Trinajstić information content (AvgIpc) is 2.76. The molecule has 0 saturated heterocycles. The summed E-state index contributed by atoms with van der Waals surface area (Å²) in [5.74, 6) is 0.899. The minimum absolute atomic E-state index is 0.544. The first-order valence-electron chi connectivity index (χ1n) is 9.76. The van der Waals surface area contributed by atoms with E-state index in [0.717, 1.165) is 11.4 Å². The molecule has 0 bridgehead atoms. The van der Waals surface area contributed by atoms with E-state index in [4.69, 9.17) is 12.8 Å². The molecule has 140 valence electrons. The standard InChI is InChI=1S/C26H23BN2/c1-20-18-24(27)19-28-25(20)29(2)26(21-12-6-3-7-13-21,22-14-8-4-9-15-22)23-16-10-5-11-17-23/h3-19H,1-2H3. The fourth-order valence-electron chi connectivity index (χ4n) is 4.22. The molecule has 0 spiro atoms. The minimum Gasteiger partial charge on any atom is -0.342 e. The second kappa shape index (κ2) is 7.96. The maximum atomic E-state index is 5.99. The molecule has 0 aliphatic rings. The molecular weight excluding hydrogens is 351 g/mol. The van der Waals surface area contributed by atoms with Gasteiger partial charge in [-0.05, 0) is 29.2 Å². The second-order valence-corrected chi connectivity index (χ2v) is 7.28. The Hall–Kier alpha value is -3.33. The third-order valence-electron chi connectivity index (χ3n) is 5.47. The zero-order chi connectivity index (χ0) is 20.3. The van der Waals surface area contributed by atoms with Gasteiger partial charge in [0.05, 0.1) is 0 Å². The summed E-state index contributed by atoms with van der Waals surface area (Å²) >= 11 is 0. The van der Waals surface area contributed by atoms with Crippen molar-refractivity contribution in [1.82, 2.24) is 4.98 Å². The van der Waals surface area contributed by atoms with E-state index < -0.39 is 5.54 Å². The number of benzene rings is 3. The molecule has 1 aromatic heterocycles. The van der Waals surface area contributed by atoms with E-state index in [1.807, 2.05) is 6.07 Å². The number of aromatic nitrogens is 1. The first-order chi connectivity index (χ1) is 14.1. The number of anilines is 1. The SMILES string of the molecule is [B]c1cnc(N(C)C(c2ccccc2)(c2ccccc2)c2ccccc2)c(C)c1. The summed E-state index contributed by atoms with van der Waals surface area (Å²) in [7, 11) is 8.10. The van der Waals surface area contributed by atoms with Crippen molar-refractivity contribution in [3.8, 4) is 0 Å². The first kappa shape index (κ1) is 19.0. The molecule has 0 atom stereocenters.